The normalized spacial score (nSPS) is 14.3. The van der Waals surface area contributed by atoms with Crippen molar-refractivity contribution in [3.05, 3.63) is 28.8 Å². The van der Waals surface area contributed by atoms with Crippen LogP contribution in [0.25, 0.3) is 0 Å². The standard InChI is InChI=1S/C13H20ClNO3/c1-17-9-13(16,6-3-7-15)10-4-5-11(14)12(8-10)18-2/h4-5,8,16H,3,6-7,9,15H2,1-2H3. The third-order valence-corrected chi connectivity index (χ3v) is 3.18. The molecule has 4 nitrogen and oxygen atoms in total. The highest BCUT2D eigenvalue weighted by Crippen LogP contribution is 2.33. The number of halogens is 1. The summed E-state index contributed by atoms with van der Waals surface area (Å²) in [6.07, 6.45) is 1.24. The van der Waals surface area contributed by atoms with Crippen LogP contribution in [0.4, 0.5) is 0 Å². The van der Waals surface area contributed by atoms with Crippen LogP contribution < -0.4 is 10.5 Å². The molecule has 0 aliphatic heterocycles. The van der Waals surface area contributed by atoms with Gasteiger partial charge in [-0.25, -0.2) is 0 Å². The van der Waals surface area contributed by atoms with Gasteiger partial charge in [0.1, 0.15) is 11.4 Å². The highest BCUT2D eigenvalue weighted by atomic mass is 35.5. The quantitative estimate of drug-likeness (QED) is 0.797. The van der Waals surface area contributed by atoms with Gasteiger partial charge in [-0.1, -0.05) is 17.7 Å². The Labute approximate surface area is 113 Å². The Hall–Kier alpha value is -0.810. The van der Waals surface area contributed by atoms with Crippen molar-refractivity contribution in [1.82, 2.24) is 0 Å². The Balaban J connectivity index is 3.04. The lowest BCUT2D eigenvalue weighted by Crippen LogP contribution is -2.32. The second kappa shape index (κ2) is 6.95. The smallest absolute Gasteiger partial charge is 0.137 e. The minimum absolute atomic E-state index is 0.206. The van der Waals surface area contributed by atoms with Crippen LogP contribution in [0.5, 0.6) is 5.75 Å². The first kappa shape index (κ1) is 15.2. The summed E-state index contributed by atoms with van der Waals surface area (Å²) in [6.45, 7) is 0.731. The van der Waals surface area contributed by atoms with E-state index in [2.05, 4.69) is 0 Å². The van der Waals surface area contributed by atoms with Gasteiger partial charge in [-0.3, -0.25) is 0 Å². The predicted octanol–water partition coefficient (Wildman–Crippen LogP) is 1.92. The van der Waals surface area contributed by atoms with Crippen LogP contribution in [0.1, 0.15) is 18.4 Å². The lowest BCUT2D eigenvalue weighted by molar-refractivity contribution is -0.0430. The third kappa shape index (κ3) is 3.59. The molecule has 0 aliphatic rings. The minimum Gasteiger partial charge on any atom is -0.495 e. The molecule has 0 amide bonds. The van der Waals surface area contributed by atoms with Crippen molar-refractivity contribution in [2.45, 2.75) is 18.4 Å². The molecule has 1 aromatic carbocycles. The number of benzene rings is 1. The molecule has 0 heterocycles. The van der Waals surface area contributed by atoms with Gasteiger partial charge in [0.15, 0.2) is 0 Å². The fourth-order valence-corrected chi connectivity index (χ4v) is 2.08. The Bertz CT molecular complexity index is 386. The van der Waals surface area contributed by atoms with E-state index in [9.17, 15) is 5.11 Å². The lowest BCUT2D eigenvalue weighted by Gasteiger charge is -2.28. The van der Waals surface area contributed by atoms with Crippen molar-refractivity contribution in [1.29, 1.82) is 0 Å². The first-order chi connectivity index (χ1) is 8.57. The molecule has 0 radical (unpaired) electrons. The highest BCUT2D eigenvalue weighted by Gasteiger charge is 2.29. The van der Waals surface area contributed by atoms with E-state index in [-0.39, 0.29) is 6.61 Å². The number of aliphatic hydroxyl groups is 1. The van der Waals surface area contributed by atoms with Crippen LogP contribution >= 0.6 is 11.6 Å². The van der Waals surface area contributed by atoms with Crippen LogP contribution in [0.3, 0.4) is 0 Å². The van der Waals surface area contributed by atoms with E-state index < -0.39 is 5.60 Å². The van der Waals surface area contributed by atoms with E-state index in [1.54, 1.807) is 32.4 Å². The van der Waals surface area contributed by atoms with Gasteiger partial charge in [-0.2, -0.15) is 0 Å². The minimum atomic E-state index is -1.06. The number of methoxy groups -OCH3 is 2. The second-order valence-electron chi connectivity index (χ2n) is 4.21. The third-order valence-electron chi connectivity index (χ3n) is 2.87. The van der Waals surface area contributed by atoms with Crippen LogP contribution in [0.15, 0.2) is 18.2 Å². The van der Waals surface area contributed by atoms with Gasteiger partial charge < -0.3 is 20.3 Å². The Morgan fingerprint density at radius 1 is 1.39 bits per heavy atom. The van der Waals surface area contributed by atoms with Gasteiger partial charge in [0.2, 0.25) is 0 Å². The SMILES string of the molecule is COCC(O)(CCCN)c1ccc(Cl)c(OC)c1. The molecule has 0 spiro atoms. The van der Waals surface area contributed by atoms with E-state index in [4.69, 9.17) is 26.8 Å². The summed E-state index contributed by atoms with van der Waals surface area (Å²) in [5, 5.41) is 11.2. The van der Waals surface area contributed by atoms with Crippen molar-refractivity contribution < 1.29 is 14.6 Å². The zero-order valence-electron chi connectivity index (χ0n) is 10.8. The summed E-state index contributed by atoms with van der Waals surface area (Å²) in [5.74, 6) is 0.538. The highest BCUT2D eigenvalue weighted by molar-refractivity contribution is 6.32. The molecule has 3 N–H and O–H groups in total. The predicted molar refractivity (Wildman–Crippen MR) is 72.1 cm³/mol. The molecule has 18 heavy (non-hydrogen) atoms. The van der Waals surface area contributed by atoms with Crippen molar-refractivity contribution in [3.63, 3.8) is 0 Å². The maximum atomic E-state index is 10.6. The van der Waals surface area contributed by atoms with Crippen LogP contribution in [0, 0.1) is 0 Å². The average molecular weight is 274 g/mol. The molecular weight excluding hydrogens is 254 g/mol. The maximum absolute atomic E-state index is 10.6. The van der Waals surface area contributed by atoms with Gasteiger partial charge in [0, 0.05) is 7.11 Å². The fraction of sp³-hybridized carbons (Fsp3) is 0.538. The zero-order valence-corrected chi connectivity index (χ0v) is 11.5. The molecule has 102 valence electrons. The Kier molecular flexibility index (Phi) is 5.88. The Morgan fingerprint density at radius 3 is 2.67 bits per heavy atom. The number of hydrogen-bond acceptors (Lipinski definition) is 4. The monoisotopic (exact) mass is 273 g/mol. The van der Waals surface area contributed by atoms with E-state index >= 15 is 0 Å². The van der Waals surface area contributed by atoms with Gasteiger partial charge in [-0.05, 0) is 37.1 Å². The first-order valence-electron chi connectivity index (χ1n) is 5.83. The fourth-order valence-electron chi connectivity index (χ4n) is 1.88. The first-order valence-corrected chi connectivity index (χ1v) is 6.20. The molecule has 5 heteroatoms. The second-order valence-corrected chi connectivity index (χ2v) is 4.61. The van der Waals surface area contributed by atoms with Gasteiger partial charge in [-0.15, -0.1) is 0 Å². The summed E-state index contributed by atoms with van der Waals surface area (Å²) in [7, 11) is 3.10. The summed E-state index contributed by atoms with van der Waals surface area (Å²) < 4.78 is 10.3. The van der Waals surface area contributed by atoms with Crippen molar-refractivity contribution in [2.75, 3.05) is 27.4 Å². The number of rotatable bonds is 7. The van der Waals surface area contributed by atoms with E-state index in [1.807, 2.05) is 0 Å². The van der Waals surface area contributed by atoms with E-state index in [0.29, 0.717) is 30.2 Å². The summed E-state index contributed by atoms with van der Waals surface area (Å²) >= 11 is 5.97. The molecule has 1 atom stereocenters. The maximum Gasteiger partial charge on any atom is 0.137 e. The summed E-state index contributed by atoms with van der Waals surface area (Å²) in [4.78, 5) is 0. The molecule has 1 aromatic rings. The van der Waals surface area contributed by atoms with Gasteiger partial charge >= 0.3 is 0 Å². The van der Waals surface area contributed by atoms with Crippen LogP contribution in [-0.2, 0) is 10.3 Å². The molecular formula is C13H20ClNO3. The number of hydrogen-bond donors (Lipinski definition) is 2. The van der Waals surface area contributed by atoms with Crippen LogP contribution in [0.2, 0.25) is 5.02 Å². The van der Waals surface area contributed by atoms with Gasteiger partial charge in [0.05, 0.1) is 18.7 Å². The molecule has 1 unspecified atom stereocenters. The van der Waals surface area contributed by atoms with Crippen molar-refractivity contribution in [3.8, 4) is 5.75 Å². The molecule has 0 aliphatic carbocycles. The number of ether oxygens (including phenoxy) is 2. The molecule has 1 rings (SSSR count). The van der Waals surface area contributed by atoms with E-state index in [1.165, 1.54) is 0 Å². The molecule has 0 saturated heterocycles. The van der Waals surface area contributed by atoms with E-state index in [0.717, 1.165) is 5.56 Å². The molecule has 0 fully saturated rings. The molecule has 0 bridgehead atoms. The van der Waals surface area contributed by atoms with Crippen molar-refractivity contribution in [2.24, 2.45) is 5.73 Å². The molecule has 0 saturated carbocycles. The average Bonchev–Trinajstić information content (AvgIpc) is 2.37. The largest absolute Gasteiger partial charge is 0.495 e. The number of nitrogens with two attached hydrogens (primary N) is 1. The molecule has 0 aromatic heterocycles. The van der Waals surface area contributed by atoms with Crippen LogP contribution in [-0.4, -0.2) is 32.5 Å². The Morgan fingerprint density at radius 2 is 2.11 bits per heavy atom. The lowest BCUT2D eigenvalue weighted by atomic mass is 9.89. The zero-order chi connectivity index (χ0) is 13.6. The topological polar surface area (TPSA) is 64.7 Å². The summed E-state index contributed by atoms with van der Waals surface area (Å²) in [6, 6.07) is 5.22. The van der Waals surface area contributed by atoms with Gasteiger partial charge in [0.25, 0.3) is 0 Å². The summed E-state index contributed by atoms with van der Waals surface area (Å²) in [5.41, 5.74) is 5.15. The van der Waals surface area contributed by atoms with Crippen molar-refractivity contribution >= 4 is 11.6 Å².